The second-order valence-electron chi connectivity index (χ2n) is 6.59. The van der Waals surface area contributed by atoms with Crippen LogP contribution in [0.2, 0.25) is 0 Å². The number of nitrogens with zero attached hydrogens (tertiary/aromatic N) is 4. The number of rotatable bonds is 6. The molecule has 0 spiro atoms. The normalized spacial score (nSPS) is 16.5. The van der Waals surface area contributed by atoms with Gasteiger partial charge in [-0.1, -0.05) is 0 Å². The van der Waals surface area contributed by atoms with Crippen molar-refractivity contribution in [2.24, 2.45) is 5.92 Å². The standard InChI is InChI=1S/C17H25N5O2/c1-14-13-16(23)22(17(24)19-14)12-11-20-8-3-15(4-9-20)5-10-21-7-2-6-18-21/h2,6-7,13,15H,3-5,8-12H2,1H3,(H,19,24). The first-order valence-electron chi connectivity index (χ1n) is 8.62. The fourth-order valence-corrected chi connectivity index (χ4v) is 3.33. The van der Waals surface area contributed by atoms with Gasteiger partial charge >= 0.3 is 5.69 Å². The number of aryl methyl sites for hydroxylation is 2. The van der Waals surface area contributed by atoms with Crippen LogP contribution in [0, 0.1) is 12.8 Å². The minimum atomic E-state index is -0.311. The minimum absolute atomic E-state index is 0.217. The van der Waals surface area contributed by atoms with Crippen molar-refractivity contribution in [3.05, 3.63) is 51.1 Å². The lowest BCUT2D eigenvalue weighted by Gasteiger charge is -2.31. The largest absolute Gasteiger partial charge is 0.328 e. The molecule has 3 heterocycles. The Kier molecular flexibility index (Phi) is 5.30. The third kappa shape index (κ3) is 4.23. The molecule has 2 aromatic rings. The highest BCUT2D eigenvalue weighted by molar-refractivity contribution is 4.96. The van der Waals surface area contributed by atoms with Crippen LogP contribution in [0.5, 0.6) is 0 Å². The molecular formula is C17H25N5O2. The highest BCUT2D eigenvalue weighted by Crippen LogP contribution is 2.20. The predicted octanol–water partition coefficient (Wildman–Crippen LogP) is 0.844. The number of piperidine rings is 1. The summed E-state index contributed by atoms with van der Waals surface area (Å²) >= 11 is 0. The molecule has 1 fully saturated rings. The van der Waals surface area contributed by atoms with Crippen molar-refractivity contribution < 1.29 is 0 Å². The molecule has 0 saturated carbocycles. The van der Waals surface area contributed by atoms with E-state index in [4.69, 9.17) is 0 Å². The van der Waals surface area contributed by atoms with Crippen molar-refractivity contribution in [2.75, 3.05) is 19.6 Å². The van der Waals surface area contributed by atoms with Crippen molar-refractivity contribution in [2.45, 2.75) is 39.3 Å². The number of aromatic amines is 1. The summed E-state index contributed by atoms with van der Waals surface area (Å²) in [5.41, 5.74) is 0.0821. The molecule has 7 heteroatoms. The van der Waals surface area contributed by atoms with Crippen molar-refractivity contribution >= 4 is 0 Å². The smallest absolute Gasteiger partial charge is 0.311 e. The van der Waals surface area contributed by atoms with Crippen LogP contribution in [0.3, 0.4) is 0 Å². The molecular weight excluding hydrogens is 306 g/mol. The maximum Gasteiger partial charge on any atom is 0.328 e. The van der Waals surface area contributed by atoms with Gasteiger partial charge in [0.15, 0.2) is 0 Å². The fraction of sp³-hybridized carbons (Fsp3) is 0.588. The van der Waals surface area contributed by atoms with E-state index in [-0.39, 0.29) is 11.2 Å². The van der Waals surface area contributed by atoms with E-state index >= 15 is 0 Å². The maximum absolute atomic E-state index is 11.9. The van der Waals surface area contributed by atoms with E-state index in [9.17, 15) is 9.59 Å². The zero-order valence-corrected chi connectivity index (χ0v) is 14.1. The van der Waals surface area contributed by atoms with E-state index in [1.807, 2.05) is 23.1 Å². The highest BCUT2D eigenvalue weighted by atomic mass is 16.2. The van der Waals surface area contributed by atoms with Crippen molar-refractivity contribution in [3.63, 3.8) is 0 Å². The molecule has 3 rings (SSSR count). The lowest BCUT2D eigenvalue weighted by atomic mass is 9.93. The van der Waals surface area contributed by atoms with Crippen LogP contribution in [-0.2, 0) is 13.1 Å². The average Bonchev–Trinajstić information content (AvgIpc) is 3.06. The molecule has 0 unspecified atom stereocenters. The minimum Gasteiger partial charge on any atom is -0.311 e. The molecule has 0 aromatic carbocycles. The topological polar surface area (TPSA) is 75.9 Å². The van der Waals surface area contributed by atoms with Gasteiger partial charge in [0.05, 0.1) is 0 Å². The fourth-order valence-electron chi connectivity index (χ4n) is 3.33. The van der Waals surface area contributed by atoms with Gasteiger partial charge in [-0.15, -0.1) is 0 Å². The summed E-state index contributed by atoms with van der Waals surface area (Å²) in [4.78, 5) is 28.8. The Morgan fingerprint density at radius 2 is 2.00 bits per heavy atom. The molecule has 1 saturated heterocycles. The second-order valence-corrected chi connectivity index (χ2v) is 6.59. The van der Waals surface area contributed by atoms with E-state index < -0.39 is 0 Å². The summed E-state index contributed by atoms with van der Waals surface area (Å²) < 4.78 is 3.28. The first kappa shape index (κ1) is 16.7. The molecule has 130 valence electrons. The molecule has 24 heavy (non-hydrogen) atoms. The quantitative estimate of drug-likeness (QED) is 0.851. The van der Waals surface area contributed by atoms with Gasteiger partial charge in [-0.2, -0.15) is 5.10 Å². The predicted molar refractivity (Wildman–Crippen MR) is 92.1 cm³/mol. The molecule has 0 atom stereocenters. The molecule has 0 aliphatic carbocycles. The monoisotopic (exact) mass is 331 g/mol. The summed E-state index contributed by atoms with van der Waals surface area (Å²) in [6.07, 6.45) is 7.32. The summed E-state index contributed by atoms with van der Waals surface area (Å²) in [7, 11) is 0. The molecule has 7 nitrogen and oxygen atoms in total. The van der Waals surface area contributed by atoms with Crippen LogP contribution in [0.15, 0.2) is 34.1 Å². The Bertz CT molecular complexity index is 723. The van der Waals surface area contributed by atoms with Gasteiger partial charge < -0.3 is 9.88 Å². The summed E-state index contributed by atoms with van der Waals surface area (Å²) in [6.45, 7) is 5.96. The lowest BCUT2D eigenvalue weighted by Crippen LogP contribution is -2.41. The molecule has 1 N–H and O–H groups in total. The van der Waals surface area contributed by atoms with Crippen molar-refractivity contribution in [1.29, 1.82) is 0 Å². The van der Waals surface area contributed by atoms with Gasteiger partial charge in [-0.3, -0.25) is 14.0 Å². The maximum atomic E-state index is 11.9. The lowest BCUT2D eigenvalue weighted by molar-refractivity contribution is 0.169. The molecule has 2 aromatic heterocycles. The number of hydrogen-bond acceptors (Lipinski definition) is 4. The Hall–Kier alpha value is -2.15. The van der Waals surface area contributed by atoms with E-state index in [0.29, 0.717) is 12.2 Å². The van der Waals surface area contributed by atoms with Gasteiger partial charge in [0.25, 0.3) is 5.56 Å². The number of H-pyrrole nitrogens is 1. The Labute approximate surface area is 140 Å². The van der Waals surface area contributed by atoms with Crippen molar-refractivity contribution in [1.82, 2.24) is 24.2 Å². The molecule has 0 bridgehead atoms. The van der Waals surface area contributed by atoms with Gasteiger partial charge in [-0.05, 0) is 51.3 Å². The van der Waals surface area contributed by atoms with Crippen LogP contribution in [0.25, 0.3) is 0 Å². The SMILES string of the molecule is Cc1cc(=O)n(CCN2CCC(CCn3cccn3)CC2)c(=O)[nH]1. The van der Waals surface area contributed by atoms with E-state index in [1.165, 1.54) is 23.5 Å². The van der Waals surface area contributed by atoms with E-state index in [0.717, 1.165) is 38.5 Å². The zero-order chi connectivity index (χ0) is 16.9. The van der Waals surface area contributed by atoms with Crippen LogP contribution in [0.1, 0.15) is 25.0 Å². The number of nitrogens with one attached hydrogen (secondary N) is 1. The number of hydrogen-bond donors (Lipinski definition) is 1. The summed E-state index contributed by atoms with van der Waals surface area (Å²) in [6, 6.07) is 3.43. The van der Waals surface area contributed by atoms with Gasteiger partial charge in [0.1, 0.15) is 0 Å². The highest BCUT2D eigenvalue weighted by Gasteiger charge is 2.19. The molecule has 1 aliphatic heterocycles. The Morgan fingerprint density at radius 1 is 1.21 bits per heavy atom. The molecule has 0 amide bonds. The average molecular weight is 331 g/mol. The second kappa shape index (κ2) is 7.61. The van der Waals surface area contributed by atoms with Gasteiger partial charge in [0, 0.05) is 43.8 Å². The number of aromatic nitrogens is 4. The van der Waals surface area contributed by atoms with E-state index in [2.05, 4.69) is 15.0 Å². The van der Waals surface area contributed by atoms with Gasteiger partial charge in [-0.25, -0.2) is 4.79 Å². The van der Waals surface area contributed by atoms with Crippen molar-refractivity contribution in [3.8, 4) is 0 Å². The molecule has 0 radical (unpaired) electrons. The third-order valence-corrected chi connectivity index (χ3v) is 4.83. The van der Waals surface area contributed by atoms with Crippen LogP contribution in [-0.4, -0.2) is 43.9 Å². The van der Waals surface area contributed by atoms with Gasteiger partial charge in [0.2, 0.25) is 0 Å². The zero-order valence-electron chi connectivity index (χ0n) is 14.1. The Morgan fingerprint density at radius 3 is 2.67 bits per heavy atom. The summed E-state index contributed by atoms with van der Waals surface area (Å²) in [5, 5.41) is 4.24. The third-order valence-electron chi connectivity index (χ3n) is 4.83. The van der Waals surface area contributed by atoms with Crippen LogP contribution in [0.4, 0.5) is 0 Å². The first-order valence-corrected chi connectivity index (χ1v) is 8.62. The van der Waals surface area contributed by atoms with E-state index in [1.54, 1.807) is 6.92 Å². The summed E-state index contributed by atoms with van der Waals surface area (Å²) in [5.74, 6) is 0.732. The first-order chi connectivity index (χ1) is 11.6. The molecule has 1 aliphatic rings. The number of likely N-dealkylation sites (tertiary alicyclic amines) is 1. The Balaban J connectivity index is 1.44. The van der Waals surface area contributed by atoms with Crippen LogP contribution < -0.4 is 11.2 Å². The van der Waals surface area contributed by atoms with Crippen LogP contribution >= 0.6 is 0 Å².